The normalized spacial score (nSPS) is 10.1. The molecule has 6 nitrogen and oxygen atoms in total. The van der Waals surface area contributed by atoms with Crippen molar-refractivity contribution in [3.05, 3.63) is 71.3 Å². The summed E-state index contributed by atoms with van der Waals surface area (Å²) in [6.07, 6.45) is 3.59. The standard InChI is InChI=1S/C19H19ClFN3O3/c1-13(19(26)24-11-14-5-7-22-8-6-14)4-9-23-18(25)12-27-15-2-3-16(20)17(21)10-15/h2-3,5-8,10H,1,4,9,11-12H2,(H,23,25)(H,24,26). The summed E-state index contributed by atoms with van der Waals surface area (Å²) in [4.78, 5) is 27.6. The van der Waals surface area contributed by atoms with Crippen molar-refractivity contribution < 1.29 is 18.7 Å². The first-order valence-corrected chi connectivity index (χ1v) is 8.53. The van der Waals surface area contributed by atoms with Crippen molar-refractivity contribution in [3.63, 3.8) is 0 Å². The number of hydrogen-bond donors (Lipinski definition) is 2. The van der Waals surface area contributed by atoms with Crippen LogP contribution in [0.4, 0.5) is 4.39 Å². The van der Waals surface area contributed by atoms with Gasteiger partial charge in [0, 0.05) is 37.1 Å². The van der Waals surface area contributed by atoms with Gasteiger partial charge in [0.25, 0.3) is 5.91 Å². The number of amides is 2. The molecule has 2 rings (SSSR count). The minimum Gasteiger partial charge on any atom is -0.484 e. The summed E-state index contributed by atoms with van der Waals surface area (Å²) in [5.74, 6) is -1.10. The van der Waals surface area contributed by atoms with E-state index in [0.717, 1.165) is 11.6 Å². The Balaban J connectivity index is 1.64. The monoisotopic (exact) mass is 391 g/mol. The van der Waals surface area contributed by atoms with E-state index in [1.165, 1.54) is 12.1 Å². The molecule has 0 saturated carbocycles. The van der Waals surface area contributed by atoms with Crippen LogP contribution in [0, 0.1) is 5.82 Å². The molecule has 0 aliphatic carbocycles. The van der Waals surface area contributed by atoms with E-state index in [1.54, 1.807) is 24.5 Å². The number of hydrogen-bond acceptors (Lipinski definition) is 4. The Morgan fingerprint density at radius 2 is 1.93 bits per heavy atom. The maximum absolute atomic E-state index is 13.3. The van der Waals surface area contributed by atoms with Crippen LogP contribution in [0.2, 0.25) is 5.02 Å². The molecule has 1 aromatic carbocycles. The second-order valence-electron chi connectivity index (χ2n) is 5.61. The zero-order valence-electron chi connectivity index (χ0n) is 14.5. The average Bonchev–Trinajstić information content (AvgIpc) is 2.67. The third kappa shape index (κ3) is 7.07. The van der Waals surface area contributed by atoms with E-state index in [-0.39, 0.29) is 29.8 Å². The molecule has 142 valence electrons. The van der Waals surface area contributed by atoms with Crippen LogP contribution >= 0.6 is 11.6 Å². The fourth-order valence-corrected chi connectivity index (χ4v) is 2.16. The van der Waals surface area contributed by atoms with Gasteiger partial charge < -0.3 is 15.4 Å². The lowest BCUT2D eigenvalue weighted by molar-refractivity contribution is -0.123. The van der Waals surface area contributed by atoms with Crippen molar-refractivity contribution >= 4 is 23.4 Å². The molecule has 2 N–H and O–H groups in total. The minimum absolute atomic E-state index is 0.0208. The average molecular weight is 392 g/mol. The summed E-state index contributed by atoms with van der Waals surface area (Å²) < 4.78 is 18.5. The Bertz CT molecular complexity index is 815. The van der Waals surface area contributed by atoms with Gasteiger partial charge in [-0.15, -0.1) is 0 Å². The first kappa shape index (κ1) is 20.4. The topological polar surface area (TPSA) is 80.3 Å². The largest absolute Gasteiger partial charge is 0.484 e. The van der Waals surface area contributed by atoms with Crippen LogP contribution in [0.15, 0.2) is 54.9 Å². The van der Waals surface area contributed by atoms with Gasteiger partial charge in [-0.3, -0.25) is 14.6 Å². The summed E-state index contributed by atoms with van der Waals surface area (Å²) in [7, 11) is 0. The van der Waals surface area contributed by atoms with E-state index in [2.05, 4.69) is 22.2 Å². The highest BCUT2D eigenvalue weighted by atomic mass is 35.5. The summed E-state index contributed by atoms with van der Waals surface area (Å²) >= 11 is 5.57. The number of ether oxygens (including phenoxy) is 1. The Morgan fingerprint density at radius 1 is 1.19 bits per heavy atom. The quantitative estimate of drug-likeness (QED) is 0.644. The molecule has 2 aromatic rings. The molecule has 0 radical (unpaired) electrons. The van der Waals surface area contributed by atoms with Gasteiger partial charge in [-0.05, 0) is 36.2 Å². The highest BCUT2D eigenvalue weighted by Gasteiger charge is 2.09. The van der Waals surface area contributed by atoms with Crippen LogP contribution in [-0.4, -0.2) is 29.9 Å². The maximum Gasteiger partial charge on any atom is 0.257 e. The molecule has 8 heteroatoms. The van der Waals surface area contributed by atoms with Crippen LogP contribution in [0.5, 0.6) is 5.75 Å². The van der Waals surface area contributed by atoms with Crippen molar-refractivity contribution in [2.75, 3.05) is 13.2 Å². The number of carbonyl (C=O) groups is 2. The molecule has 27 heavy (non-hydrogen) atoms. The first-order valence-electron chi connectivity index (χ1n) is 8.15. The van der Waals surface area contributed by atoms with Gasteiger partial charge in [0.1, 0.15) is 11.6 Å². The van der Waals surface area contributed by atoms with Gasteiger partial charge in [0.05, 0.1) is 5.02 Å². The van der Waals surface area contributed by atoms with Gasteiger partial charge >= 0.3 is 0 Å². The van der Waals surface area contributed by atoms with Gasteiger partial charge in [-0.1, -0.05) is 18.2 Å². The van der Waals surface area contributed by atoms with E-state index < -0.39 is 11.7 Å². The van der Waals surface area contributed by atoms with Gasteiger partial charge in [-0.25, -0.2) is 4.39 Å². The summed E-state index contributed by atoms with van der Waals surface area (Å²) in [6, 6.07) is 7.52. The fourth-order valence-electron chi connectivity index (χ4n) is 2.04. The Hall–Kier alpha value is -2.93. The Kier molecular flexibility index (Phi) is 7.76. The number of halogens is 2. The predicted molar refractivity (Wildman–Crippen MR) is 99.8 cm³/mol. The lowest BCUT2D eigenvalue weighted by atomic mass is 10.2. The van der Waals surface area contributed by atoms with Crippen LogP contribution in [-0.2, 0) is 16.1 Å². The number of pyridine rings is 1. The molecule has 1 aromatic heterocycles. The van der Waals surface area contributed by atoms with Gasteiger partial charge in [0.2, 0.25) is 5.91 Å². The molecule has 0 unspecified atom stereocenters. The van der Waals surface area contributed by atoms with E-state index in [4.69, 9.17) is 16.3 Å². The molecule has 0 bridgehead atoms. The molecule has 0 spiro atoms. The number of nitrogens with zero attached hydrogens (tertiary/aromatic N) is 1. The number of nitrogens with one attached hydrogen (secondary N) is 2. The molecule has 0 saturated heterocycles. The number of carbonyl (C=O) groups excluding carboxylic acids is 2. The SMILES string of the molecule is C=C(CCNC(=O)COc1ccc(Cl)c(F)c1)C(=O)NCc1ccncc1. The molecule has 0 fully saturated rings. The summed E-state index contributed by atoms with van der Waals surface area (Å²) in [5.41, 5.74) is 1.28. The molecule has 0 aliphatic heterocycles. The lowest BCUT2D eigenvalue weighted by Gasteiger charge is -2.10. The van der Waals surface area contributed by atoms with Crippen LogP contribution in [0.1, 0.15) is 12.0 Å². The fraction of sp³-hybridized carbons (Fsp3) is 0.211. The van der Waals surface area contributed by atoms with Crippen LogP contribution in [0.3, 0.4) is 0 Å². The molecule has 0 atom stereocenters. The van der Waals surface area contributed by atoms with Crippen molar-refractivity contribution in [1.82, 2.24) is 15.6 Å². The highest BCUT2D eigenvalue weighted by molar-refractivity contribution is 6.30. The zero-order valence-corrected chi connectivity index (χ0v) is 15.3. The van der Waals surface area contributed by atoms with Crippen LogP contribution < -0.4 is 15.4 Å². The second kappa shape index (κ2) is 10.3. The van der Waals surface area contributed by atoms with Crippen molar-refractivity contribution in [2.45, 2.75) is 13.0 Å². The summed E-state index contributed by atoms with van der Waals surface area (Å²) in [6.45, 7) is 4.05. The molecule has 2 amide bonds. The van der Waals surface area contributed by atoms with Crippen LogP contribution in [0.25, 0.3) is 0 Å². The molecule has 1 heterocycles. The van der Waals surface area contributed by atoms with E-state index in [0.29, 0.717) is 18.5 Å². The first-order chi connectivity index (χ1) is 13.0. The number of rotatable bonds is 9. The van der Waals surface area contributed by atoms with Crippen molar-refractivity contribution in [1.29, 1.82) is 0 Å². The van der Waals surface area contributed by atoms with Gasteiger partial charge in [0.15, 0.2) is 6.61 Å². The van der Waals surface area contributed by atoms with E-state index in [1.807, 2.05) is 0 Å². The molecule has 0 aliphatic rings. The Labute approximate surface area is 161 Å². The highest BCUT2D eigenvalue weighted by Crippen LogP contribution is 2.20. The van der Waals surface area contributed by atoms with E-state index >= 15 is 0 Å². The number of aromatic nitrogens is 1. The third-order valence-electron chi connectivity index (χ3n) is 3.53. The third-order valence-corrected chi connectivity index (χ3v) is 3.84. The second-order valence-corrected chi connectivity index (χ2v) is 6.01. The zero-order chi connectivity index (χ0) is 19.6. The number of benzene rings is 1. The molecular weight excluding hydrogens is 373 g/mol. The lowest BCUT2D eigenvalue weighted by Crippen LogP contribution is -2.31. The summed E-state index contributed by atoms with van der Waals surface area (Å²) in [5, 5.41) is 5.33. The van der Waals surface area contributed by atoms with Crippen molar-refractivity contribution in [2.24, 2.45) is 0 Å². The smallest absolute Gasteiger partial charge is 0.257 e. The Morgan fingerprint density at radius 3 is 2.63 bits per heavy atom. The maximum atomic E-state index is 13.3. The van der Waals surface area contributed by atoms with E-state index in [9.17, 15) is 14.0 Å². The predicted octanol–water partition coefficient (Wildman–Crippen LogP) is 2.63. The molecular formula is C19H19ClFN3O3. The van der Waals surface area contributed by atoms with Gasteiger partial charge in [-0.2, -0.15) is 0 Å². The van der Waals surface area contributed by atoms with Crippen molar-refractivity contribution in [3.8, 4) is 5.75 Å². The minimum atomic E-state index is -0.622.